The maximum atomic E-state index is 12.3. The summed E-state index contributed by atoms with van der Waals surface area (Å²) in [5, 5.41) is 3.33. The maximum Gasteiger partial charge on any atom is 0.345 e. The van der Waals surface area contributed by atoms with E-state index >= 15 is 0 Å². The van der Waals surface area contributed by atoms with Crippen molar-refractivity contribution in [3.8, 4) is 5.75 Å². The predicted octanol–water partition coefficient (Wildman–Crippen LogP) is 5.35. The normalized spacial score (nSPS) is 15.3. The van der Waals surface area contributed by atoms with E-state index in [9.17, 15) is 9.59 Å². The van der Waals surface area contributed by atoms with E-state index in [2.05, 4.69) is 5.32 Å². The van der Waals surface area contributed by atoms with E-state index in [0.717, 1.165) is 0 Å². The number of esters is 1. The van der Waals surface area contributed by atoms with E-state index in [4.69, 9.17) is 51.8 Å². The third-order valence-electron chi connectivity index (χ3n) is 3.25. The van der Waals surface area contributed by atoms with Gasteiger partial charge in [-0.3, -0.25) is 4.79 Å². The van der Waals surface area contributed by atoms with Gasteiger partial charge < -0.3 is 10.1 Å². The first kappa shape index (κ1) is 19.2. The number of amides is 1. The average molecular weight is 445 g/mol. The van der Waals surface area contributed by atoms with E-state index in [1.165, 1.54) is 36.0 Å². The van der Waals surface area contributed by atoms with E-state index in [1.807, 2.05) is 0 Å². The molecule has 2 aromatic rings. The number of thioether (sulfide) groups is 1. The van der Waals surface area contributed by atoms with Crippen LogP contribution >= 0.6 is 58.8 Å². The molecule has 1 saturated heterocycles. The summed E-state index contributed by atoms with van der Waals surface area (Å²) in [6, 6.07) is 9.24. The van der Waals surface area contributed by atoms with Crippen LogP contribution in [0.2, 0.25) is 15.1 Å². The van der Waals surface area contributed by atoms with Gasteiger partial charge in [-0.25, -0.2) is 4.79 Å². The van der Waals surface area contributed by atoms with Crippen molar-refractivity contribution in [3.63, 3.8) is 0 Å². The lowest BCUT2D eigenvalue weighted by atomic mass is 10.2. The molecule has 0 aromatic heterocycles. The second-order valence-corrected chi connectivity index (χ2v) is 8.03. The Morgan fingerprint density at radius 1 is 1.12 bits per heavy atom. The minimum atomic E-state index is -0.657. The zero-order valence-electron chi connectivity index (χ0n) is 12.7. The Morgan fingerprint density at radius 3 is 2.50 bits per heavy atom. The molecule has 0 saturated carbocycles. The second kappa shape index (κ2) is 7.98. The molecule has 132 valence electrons. The van der Waals surface area contributed by atoms with Crippen LogP contribution in [-0.2, 0) is 4.79 Å². The molecule has 0 aliphatic carbocycles. The van der Waals surface area contributed by atoms with E-state index in [-0.39, 0.29) is 27.3 Å². The van der Waals surface area contributed by atoms with Crippen LogP contribution in [-0.4, -0.2) is 16.2 Å². The van der Waals surface area contributed by atoms with Crippen LogP contribution < -0.4 is 10.1 Å². The molecule has 1 N–H and O–H groups in total. The van der Waals surface area contributed by atoms with Gasteiger partial charge >= 0.3 is 5.97 Å². The number of carbonyl (C=O) groups is 2. The van der Waals surface area contributed by atoms with Gasteiger partial charge in [-0.05, 0) is 42.0 Å². The third-order valence-corrected chi connectivity index (χ3v) is 5.26. The van der Waals surface area contributed by atoms with Gasteiger partial charge in [-0.15, -0.1) is 0 Å². The molecule has 0 unspecified atom stereocenters. The van der Waals surface area contributed by atoms with Crippen molar-refractivity contribution < 1.29 is 14.3 Å². The summed E-state index contributed by atoms with van der Waals surface area (Å²) in [6.45, 7) is 0. The SMILES string of the molecule is O=C1NC(=S)S/C1=C\c1ccc(OC(=O)c2ccc(Cl)cc2Cl)c(Cl)c1. The van der Waals surface area contributed by atoms with Crippen molar-refractivity contribution in [2.75, 3.05) is 0 Å². The molecule has 9 heteroatoms. The summed E-state index contributed by atoms with van der Waals surface area (Å²) in [6.07, 6.45) is 1.65. The summed E-state index contributed by atoms with van der Waals surface area (Å²) < 4.78 is 5.69. The van der Waals surface area contributed by atoms with Crippen molar-refractivity contribution in [1.29, 1.82) is 0 Å². The Bertz CT molecular complexity index is 976. The highest BCUT2D eigenvalue weighted by molar-refractivity contribution is 8.26. The number of nitrogens with one attached hydrogen (secondary N) is 1. The van der Waals surface area contributed by atoms with E-state index < -0.39 is 5.97 Å². The first-order valence-corrected chi connectivity index (χ1v) is 9.41. The largest absolute Gasteiger partial charge is 0.421 e. The van der Waals surface area contributed by atoms with Crippen LogP contribution in [0.3, 0.4) is 0 Å². The van der Waals surface area contributed by atoms with Gasteiger partial charge in [0, 0.05) is 5.02 Å². The Balaban J connectivity index is 1.80. The first-order valence-electron chi connectivity index (χ1n) is 7.05. The molecule has 1 aliphatic rings. The molecule has 1 heterocycles. The van der Waals surface area contributed by atoms with Gasteiger partial charge in [-0.2, -0.15) is 0 Å². The molecule has 0 spiro atoms. The predicted molar refractivity (Wildman–Crippen MR) is 109 cm³/mol. The van der Waals surface area contributed by atoms with Crippen molar-refractivity contribution >= 4 is 81.1 Å². The minimum absolute atomic E-state index is 0.170. The summed E-state index contributed by atoms with van der Waals surface area (Å²) in [7, 11) is 0. The van der Waals surface area contributed by atoms with Crippen LogP contribution in [0.1, 0.15) is 15.9 Å². The molecule has 1 fully saturated rings. The molecule has 1 amide bonds. The number of hydrogen-bond acceptors (Lipinski definition) is 5. The molecular weight excluding hydrogens is 437 g/mol. The number of rotatable bonds is 3. The van der Waals surface area contributed by atoms with Gasteiger partial charge in [0.15, 0.2) is 0 Å². The molecule has 3 rings (SSSR count). The lowest BCUT2D eigenvalue weighted by molar-refractivity contribution is -0.115. The Hall–Kier alpha value is -1.57. The van der Waals surface area contributed by atoms with Crippen molar-refractivity contribution in [1.82, 2.24) is 5.32 Å². The summed E-state index contributed by atoms with van der Waals surface area (Å²) in [5.41, 5.74) is 0.840. The van der Waals surface area contributed by atoms with Crippen LogP contribution in [0, 0.1) is 0 Å². The molecule has 0 atom stereocenters. The molecule has 0 radical (unpaired) electrons. The smallest absolute Gasteiger partial charge is 0.345 e. The molecule has 2 aromatic carbocycles. The topological polar surface area (TPSA) is 55.4 Å². The van der Waals surface area contributed by atoms with E-state index in [0.29, 0.717) is 19.8 Å². The molecular formula is C17H8Cl3NO3S2. The highest BCUT2D eigenvalue weighted by Crippen LogP contribution is 2.31. The zero-order chi connectivity index (χ0) is 18.8. The Morgan fingerprint density at radius 2 is 1.88 bits per heavy atom. The number of halogens is 3. The van der Waals surface area contributed by atoms with Crippen molar-refractivity contribution in [3.05, 3.63) is 67.5 Å². The van der Waals surface area contributed by atoms with Crippen molar-refractivity contribution in [2.24, 2.45) is 0 Å². The lowest BCUT2D eigenvalue weighted by Gasteiger charge is -2.08. The summed E-state index contributed by atoms with van der Waals surface area (Å²) in [5.74, 6) is -0.747. The Kier molecular flexibility index (Phi) is 5.89. The number of carbonyl (C=O) groups excluding carboxylic acids is 2. The quantitative estimate of drug-likeness (QED) is 0.299. The van der Waals surface area contributed by atoms with E-state index in [1.54, 1.807) is 18.2 Å². The summed E-state index contributed by atoms with van der Waals surface area (Å²) >= 11 is 24.1. The fourth-order valence-corrected chi connectivity index (χ4v) is 3.83. The highest BCUT2D eigenvalue weighted by Gasteiger charge is 2.22. The average Bonchev–Trinajstić information content (AvgIpc) is 2.87. The fourth-order valence-electron chi connectivity index (χ4n) is 2.07. The second-order valence-electron chi connectivity index (χ2n) is 5.06. The first-order chi connectivity index (χ1) is 12.3. The molecule has 26 heavy (non-hydrogen) atoms. The third kappa shape index (κ3) is 4.39. The Labute approximate surface area is 173 Å². The molecule has 0 bridgehead atoms. The van der Waals surface area contributed by atoms with Crippen LogP contribution in [0.15, 0.2) is 41.3 Å². The van der Waals surface area contributed by atoms with Gasteiger partial charge in [0.25, 0.3) is 5.91 Å². The van der Waals surface area contributed by atoms with Gasteiger partial charge in [-0.1, -0.05) is 64.8 Å². The molecule has 1 aliphatic heterocycles. The van der Waals surface area contributed by atoms with Gasteiger partial charge in [0.05, 0.1) is 20.5 Å². The van der Waals surface area contributed by atoms with Gasteiger partial charge in [0.1, 0.15) is 10.1 Å². The minimum Gasteiger partial charge on any atom is -0.421 e. The fraction of sp³-hybridized carbons (Fsp3) is 0. The van der Waals surface area contributed by atoms with Gasteiger partial charge in [0.2, 0.25) is 0 Å². The van der Waals surface area contributed by atoms with Crippen LogP contribution in [0.5, 0.6) is 5.75 Å². The highest BCUT2D eigenvalue weighted by atomic mass is 35.5. The monoisotopic (exact) mass is 443 g/mol. The maximum absolute atomic E-state index is 12.3. The number of hydrogen-bond donors (Lipinski definition) is 1. The number of thiocarbonyl (C=S) groups is 1. The van der Waals surface area contributed by atoms with Crippen LogP contribution in [0.25, 0.3) is 6.08 Å². The zero-order valence-corrected chi connectivity index (χ0v) is 16.6. The standard InChI is InChI=1S/C17H8Cl3NO3S2/c18-9-2-3-10(11(19)7-9)16(23)24-13-4-1-8(5-12(13)20)6-14-15(22)21-17(25)26-14/h1-7H,(H,21,22,25)/b14-6-. The number of ether oxygens (including phenoxy) is 1. The summed E-state index contributed by atoms with van der Waals surface area (Å²) in [4.78, 5) is 24.4. The van der Waals surface area contributed by atoms with Crippen LogP contribution in [0.4, 0.5) is 0 Å². The van der Waals surface area contributed by atoms with Crippen molar-refractivity contribution in [2.45, 2.75) is 0 Å². The molecule has 4 nitrogen and oxygen atoms in total. The number of benzene rings is 2. The lowest BCUT2D eigenvalue weighted by Crippen LogP contribution is -2.17.